The summed E-state index contributed by atoms with van der Waals surface area (Å²) in [5.41, 5.74) is 3.83. The number of aromatic nitrogens is 2. The van der Waals surface area contributed by atoms with E-state index in [2.05, 4.69) is 5.10 Å². The lowest BCUT2D eigenvalue weighted by Gasteiger charge is -2.05. The number of carboxylic acids is 1. The normalized spacial score (nSPS) is 10.6. The zero-order valence-corrected chi connectivity index (χ0v) is 10.5. The Labute approximate surface area is 106 Å². The third-order valence-corrected chi connectivity index (χ3v) is 3.02. The number of hydrogen-bond donors (Lipinski definition) is 0. The molecule has 0 N–H and O–H groups in total. The zero-order chi connectivity index (χ0) is 13.1. The quantitative estimate of drug-likeness (QED) is 0.810. The lowest BCUT2D eigenvalue weighted by Crippen LogP contribution is -2.22. The van der Waals surface area contributed by atoms with Gasteiger partial charge in [-0.15, -0.1) is 0 Å². The predicted molar refractivity (Wildman–Crippen MR) is 66.4 cm³/mol. The third kappa shape index (κ3) is 2.42. The van der Waals surface area contributed by atoms with Gasteiger partial charge in [0.1, 0.15) is 0 Å². The Hall–Kier alpha value is -2.10. The van der Waals surface area contributed by atoms with Gasteiger partial charge in [-0.25, -0.2) is 4.68 Å². The molecule has 0 aliphatic rings. The highest BCUT2D eigenvalue weighted by molar-refractivity contribution is 5.64. The first-order valence-corrected chi connectivity index (χ1v) is 5.90. The summed E-state index contributed by atoms with van der Waals surface area (Å²) in [4.78, 5) is 10.5. The average Bonchev–Trinajstić information content (AvgIpc) is 2.63. The van der Waals surface area contributed by atoms with Crippen molar-refractivity contribution < 1.29 is 9.90 Å². The van der Waals surface area contributed by atoms with Crippen molar-refractivity contribution in [2.45, 2.75) is 26.7 Å². The molecule has 2 aromatic rings. The number of benzene rings is 1. The van der Waals surface area contributed by atoms with Crippen molar-refractivity contribution >= 4 is 5.97 Å². The SMILES string of the molecule is Cc1nn(-c2ccccc2)c(C)c1CCC(=O)[O-]. The highest BCUT2D eigenvalue weighted by Crippen LogP contribution is 2.18. The van der Waals surface area contributed by atoms with Gasteiger partial charge in [0.2, 0.25) is 0 Å². The number of hydrogen-bond acceptors (Lipinski definition) is 3. The third-order valence-electron chi connectivity index (χ3n) is 3.02. The Morgan fingerprint density at radius 2 is 1.94 bits per heavy atom. The fourth-order valence-electron chi connectivity index (χ4n) is 2.08. The minimum absolute atomic E-state index is 0.0299. The molecule has 0 aliphatic heterocycles. The molecule has 1 heterocycles. The summed E-state index contributed by atoms with van der Waals surface area (Å²) < 4.78 is 1.85. The molecule has 0 unspecified atom stereocenters. The van der Waals surface area contributed by atoms with Crippen LogP contribution < -0.4 is 5.11 Å². The second kappa shape index (κ2) is 5.04. The molecule has 0 amide bonds. The van der Waals surface area contributed by atoms with E-state index in [-0.39, 0.29) is 6.42 Å². The van der Waals surface area contributed by atoms with E-state index >= 15 is 0 Å². The monoisotopic (exact) mass is 243 g/mol. The predicted octanol–water partition coefficient (Wildman–Crippen LogP) is 1.17. The molecule has 0 aliphatic carbocycles. The second-order valence-corrected chi connectivity index (χ2v) is 4.27. The van der Waals surface area contributed by atoms with E-state index in [1.165, 1.54) is 0 Å². The van der Waals surface area contributed by atoms with Gasteiger partial charge in [0.05, 0.1) is 11.4 Å². The molecule has 1 aromatic heterocycles. The molecule has 2 rings (SSSR count). The Kier molecular flexibility index (Phi) is 3.46. The number of aryl methyl sites for hydroxylation is 1. The molecule has 0 fully saturated rings. The Bertz CT molecular complexity index is 559. The van der Waals surface area contributed by atoms with Crippen LogP contribution >= 0.6 is 0 Å². The van der Waals surface area contributed by atoms with Crippen LogP contribution in [0.3, 0.4) is 0 Å². The van der Waals surface area contributed by atoms with Crippen LogP contribution in [0.5, 0.6) is 0 Å². The summed E-state index contributed by atoms with van der Waals surface area (Å²) in [6.45, 7) is 3.86. The Morgan fingerprint density at radius 1 is 1.28 bits per heavy atom. The average molecular weight is 243 g/mol. The van der Waals surface area contributed by atoms with Crippen molar-refractivity contribution in [1.29, 1.82) is 0 Å². The van der Waals surface area contributed by atoms with Gasteiger partial charge in [0.25, 0.3) is 0 Å². The van der Waals surface area contributed by atoms with Crippen LogP contribution in [0.1, 0.15) is 23.4 Å². The van der Waals surface area contributed by atoms with Gasteiger partial charge in [-0.05, 0) is 44.4 Å². The molecule has 0 radical (unpaired) electrons. The molecule has 4 nitrogen and oxygen atoms in total. The van der Waals surface area contributed by atoms with Crippen LogP contribution in [0.25, 0.3) is 5.69 Å². The largest absolute Gasteiger partial charge is 0.550 e. The van der Waals surface area contributed by atoms with E-state index in [1.807, 2.05) is 48.9 Å². The van der Waals surface area contributed by atoms with Gasteiger partial charge >= 0.3 is 0 Å². The summed E-state index contributed by atoms with van der Waals surface area (Å²) in [5, 5.41) is 15.0. The van der Waals surface area contributed by atoms with E-state index in [1.54, 1.807) is 0 Å². The molecular weight excluding hydrogens is 228 g/mol. The standard InChI is InChI=1S/C14H16N2O2/c1-10-13(8-9-14(17)18)11(2)16(15-10)12-6-4-3-5-7-12/h3-7H,8-9H2,1-2H3,(H,17,18)/p-1. The summed E-state index contributed by atoms with van der Waals surface area (Å²) in [5.74, 6) is -1.03. The lowest BCUT2D eigenvalue weighted by atomic mass is 10.1. The molecule has 0 saturated heterocycles. The van der Waals surface area contributed by atoms with Gasteiger partial charge in [0.15, 0.2) is 0 Å². The number of carboxylic acid groups (broad SMARTS) is 1. The van der Waals surface area contributed by atoms with Gasteiger partial charge in [-0.1, -0.05) is 18.2 Å². The highest BCUT2D eigenvalue weighted by atomic mass is 16.4. The van der Waals surface area contributed by atoms with E-state index in [9.17, 15) is 9.90 Å². The topological polar surface area (TPSA) is 58.0 Å². The van der Waals surface area contributed by atoms with E-state index < -0.39 is 5.97 Å². The van der Waals surface area contributed by atoms with Crippen LogP contribution in [0.4, 0.5) is 0 Å². The van der Waals surface area contributed by atoms with Crippen molar-refractivity contribution in [3.05, 3.63) is 47.3 Å². The molecule has 0 saturated carbocycles. The second-order valence-electron chi connectivity index (χ2n) is 4.27. The van der Waals surface area contributed by atoms with Gasteiger partial charge in [-0.2, -0.15) is 5.10 Å². The number of aliphatic carboxylic acids is 1. The molecular formula is C14H15N2O2-. The van der Waals surface area contributed by atoms with E-state index in [0.717, 1.165) is 22.6 Å². The van der Waals surface area contributed by atoms with Gasteiger partial charge in [0, 0.05) is 11.7 Å². The maximum atomic E-state index is 10.5. The first-order valence-electron chi connectivity index (χ1n) is 5.90. The Balaban J connectivity index is 2.35. The first-order chi connectivity index (χ1) is 8.59. The molecule has 18 heavy (non-hydrogen) atoms. The van der Waals surface area contributed by atoms with Crippen molar-refractivity contribution in [2.24, 2.45) is 0 Å². The lowest BCUT2D eigenvalue weighted by molar-refractivity contribution is -0.305. The summed E-state index contributed by atoms with van der Waals surface area (Å²) in [6.07, 6.45) is 0.495. The number of rotatable bonds is 4. The van der Waals surface area contributed by atoms with Crippen molar-refractivity contribution in [2.75, 3.05) is 0 Å². The minimum Gasteiger partial charge on any atom is -0.550 e. The fraction of sp³-hybridized carbons (Fsp3) is 0.286. The number of carbonyl (C=O) groups excluding carboxylic acids is 1. The fourth-order valence-corrected chi connectivity index (χ4v) is 2.08. The van der Waals surface area contributed by atoms with Gasteiger partial charge in [-0.3, -0.25) is 0 Å². The summed E-state index contributed by atoms with van der Waals surface area (Å²) in [6, 6.07) is 9.80. The van der Waals surface area contributed by atoms with Crippen molar-refractivity contribution in [3.63, 3.8) is 0 Å². The zero-order valence-electron chi connectivity index (χ0n) is 10.5. The number of para-hydroxylation sites is 1. The Morgan fingerprint density at radius 3 is 2.56 bits per heavy atom. The summed E-state index contributed by atoms with van der Waals surface area (Å²) >= 11 is 0. The molecule has 4 heteroatoms. The van der Waals surface area contributed by atoms with Crippen molar-refractivity contribution in [1.82, 2.24) is 9.78 Å². The maximum Gasteiger partial charge on any atom is 0.0648 e. The first kappa shape index (κ1) is 12.4. The smallest absolute Gasteiger partial charge is 0.0648 e. The molecule has 0 spiro atoms. The molecule has 1 aromatic carbocycles. The van der Waals surface area contributed by atoms with Crippen LogP contribution in [0, 0.1) is 13.8 Å². The van der Waals surface area contributed by atoms with E-state index in [0.29, 0.717) is 6.42 Å². The molecule has 0 bridgehead atoms. The maximum absolute atomic E-state index is 10.5. The molecule has 94 valence electrons. The van der Waals surface area contributed by atoms with Gasteiger partial charge < -0.3 is 9.90 Å². The number of carbonyl (C=O) groups is 1. The van der Waals surface area contributed by atoms with Crippen LogP contribution in [-0.2, 0) is 11.2 Å². The number of nitrogens with zero attached hydrogens (tertiary/aromatic N) is 2. The highest BCUT2D eigenvalue weighted by Gasteiger charge is 2.12. The van der Waals surface area contributed by atoms with Crippen LogP contribution in [0.15, 0.2) is 30.3 Å². The summed E-state index contributed by atoms with van der Waals surface area (Å²) in [7, 11) is 0. The van der Waals surface area contributed by atoms with E-state index in [4.69, 9.17) is 0 Å². The van der Waals surface area contributed by atoms with Crippen LogP contribution in [-0.4, -0.2) is 15.7 Å². The van der Waals surface area contributed by atoms with Crippen molar-refractivity contribution in [3.8, 4) is 5.69 Å². The minimum atomic E-state index is -1.03. The molecule has 0 atom stereocenters. The van der Waals surface area contributed by atoms with Crippen LogP contribution in [0.2, 0.25) is 0 Å².